The third kappa shape index (κ3) is 3.81. The highest BCUT2D eigenvalue weighted by Gasteiger charge is 2.21. The van der Waals surface area contributed by atoms with Crippen LogP contribution in [0.25, 0.3) is 0 Å². The number of nitrogens with one attached hydrogen (secondary N) is 1. The van der Waals surface area contributed by atoms with Gasteiger partial charge in [-0.05, 0) is 43.6 Å². The molecule has 0 amide bonds. The number of likely N-dealkylation sites (tertiary alicyclic amines) is 1. The molecule has 1 aromatic rings. The van der Waals surface area contributed by atoms with Crippen LogP contribution in [0.2, 0.25) is 5.02 Å². The first-order valence-electron chi connectivity index (χ1n) is 6.65. The lowest BCUT2D eigenvalue weighted by atomic mass is 10.1. The van der Waals surface area contributed by atoms with Crippen LogP contribution in [-0.2, 0) is 0 Å². The van der Waals surface area contributed by atoms with E-state index < -0.39 is 0 Å². The van der Waals surface area contributed by atoms with Crippen molar-refractivity contribution >= 4 is 34.5 Å². The Labute approximate surface area is 125 Å². The normalized spacial score (nSPS) is 19.6. The van der Waals surface area contributed by atoms with E-state index in [4.69, 9.17) is 29.6 Å². The Kier molecular flexibility index (Phi) is 5.02. The summed E-state index contributed by atoms with van der Waals surface area (Å²) < 4.78 is 0. The van der Waals surface area contributed by atoms with Gasteiger partial charge in [-0.25, -0.2) is 0 Å². The minimum atomic E-state index is 0.403. The molecule has 1 atom stereocenters. The van der Waals surface area contributed by atoms with E-state index in [-0.39, 0.29) is 0 Å². The predicted molar refractivity (Wildman–Crippen MR) is 86.1 cm³/mol. The Balaban J connectivity index is 1.99. The predicted octanol–water partition coefficient (Wildman–Crippen LogP) is 2.73. The van der Waals surface area contributed by atoms with Gasteiger partial charge in [-0.1, -0.05) is 30.7 Å². The molecule has 1 aromatic carbocycles. The maximum atomic E-state index is 6.03. The van der Waals surface area contributed by atoms with E-state index in [2.05, 4.69) is 17.1 Å². The molecule has 1 saturated heterocycles. The topological polar surface area (TPSA) is 41.3 Å². The zero-order valence-corrected chi connectivity index (χ0v) is 12.7. The zero-order chi connectivity index (χ0) is 13.8. The summed E-state index contributed by atoms with van der Waals surface area (Å²) in [6.45, 7) is 6.63. The molecule has 19 heavy (non-hydrogen) atoms. The SMILES string of the molecule is CCN1CCC(CNc2cc(Cl)ccc2C(N)=S)C1. The minimum absolute atomic E-state index is 0.403. The van der Waals surface area contributed by atoms with Crippen molar-refractivity contribution < 1.29 is 0 Å². The maximum Gasteiger partial charge on any atom is 0.106 e. The van der Waals surface area contributed by atoms with Crippen LogP contribution in [0.1, 0.15) is 18.9 Å². The van der Waals surface area contributed by atoms with E-state index in [1.807, 2.05) is 18.2 Å². The fourth-order valence-corrected chi connectivity index (χ4v) is 2.85. The van der Waals surface area contributed by atoms with Gasteiger partial charge in [0.05, 0.1) is 0 Å². The summed E-state index contributed by atoms with van der Waals surface area (Å²) in [5, 5.41) is 4.14. The average molecular weight is 298 g/mol. The molecule has 1 heterocycles. The van der Waals surface area contributed by atoms with Crippen LogP contribution in [0.15, 0.2) is 18.2 Å². The fraction of sp³-hybridized carbons (Fsp3) is 0.500. The Morgan fingerprint density at radius 2 is 2.37 bits per heavy atom. The lowest BCUT2D eigenvalue weighted by molar-refractivity contribution is 0.345. The van der Waals surface area contributed by atoms with Gasteiger partial charge in [0.2, 0.25) is 0 Å². The first-order chi connectivity index (χ1) is 9.10. The molecule has 0 spiro atoms. The quantitative estimate of drug-likeness (QED) is 0.820. The number of nitrogens with two attached hydrogens (primary N) is 1. The molecule has 1 fully saturated rings. The van der Waals surface area contributed by atoms with Crippen molar-refractivity contribution in [1.82, 2.24) is 4.90 Å². The van der Waals surface area contributed by atoms with Crippen LogP contribution in [-0.4, -0.2) is 36.1 Å². The molecule has 0 aliphatic carbocycles. The maximum absolute atomic E-state index is 6.03. The average Bonchev–Trinajstić information content (AvgIpc) is 2.84. The van der Waals surface area contributed by atoms with Crippen molar-refractivity contribution in [2.24, 2.45) is 11.7 Å². The smallest absolute Gasteiger partial charge is 0.106 e. The number of benzene rings is 1. The van der Waals surface area contributed by atoms with Gasteiger partial charge >= 0.3 is 0 Å². The van der Waals surface area contributed by atoms with Gasteiger partial charge in [0.25, 0.3) is 0 Å². The van der Waals surface area contributed by atoms with Crippen molar-refractivity contribution in [1.29, 1.82) is 0 Å². The number of nitrogens with zero attached hydrogens (tertiary/aromatic N) is 1. The van der Waals surface area contributed by atoms with Crippen LogP contribution >= 0.6 is 23.8 Å². The van der Waals surface area contributed by atoms with Crippen molar-refractivity contribution in [2.45, 2.75) is 13.3 Å². The van der Waals surface area contributed by atoms with Crippen LogP contribution in [0.3, 0.4) is 0 Å². The summed E-state index contributed by atoms with van der Waals surface area (Å²) >= 11 is 11.1. The zero-order valence-electron chi connectivity index (χ0n) is 11.2. The van der Waals surface area contributed by atoms with E-state index in [0.717, 1.165) is 30.9 Å². The van der Waals surface area contributed by atoms with Gasteiger partial charge in [0.15, 0.2) is 0 Å². The van der Waals surface area contributed by atoms with E-state index in [1.54, 1.807) is 0 Å². The molecule has 1 unspecified atom stereocenters. The third-order valence-electron chi connectivity index (χ3n) is 3.65. The molecule has 0 radical (unpaired) electrons. The van der Waals surface area contributed by atoms with Gasteiger partial charge in [-0.2, -0.15) is 0 Å². The summed E-state index contributed by atoms with van der Waals surface area (Å²) in [5.74, 6) is 0.679. The first-order valence-corrected chi connectivity index (χ1v) is 7.44. The lowest BCUT2D eigenvalue weighted by Crippen LogP contribution is -2.23. The molecule has 104 valence electrons. The Morgan fingerprint density at radius 1 is 1.58 bits per heavy atom. The van der Waals surface area contributed by atoms with Crippen LogP contribution in [0.4, 0.5) is 5.69 Å². The van der Waals surface area contributed by atoms with Gasteiger partial charge in [0, 0.05) is 29.4 Å². The standard InChI is InChI=1S/C14H20ClN3S/c1-2-18-6-5-10(9-18)8-17-13-7-11(15)3-4-12(13)14(16)19/h3-4,7,10,17H,2,5-6,8-9H2,1H3,(H2,16,19). The number of thiocarbonyl (C=S) groups is 1. The van der Waals surface area contributed by atoms with Crippen molar-refractivity contribution in [2.75, 3.05) is 31.5 Å². The van der Waals surface area contributed by atoms with E-state index in [0.29, 0.717) is 15.9 Å². The third-order valence-corrected chi connectivity index (χ3v) is 4.10. The number of hydrogen-bond acceptors (Lipinski definition) is 3. The van der Waals surface area contributed by atoms with Crippen LogP contribution in [0, 0.1) is 5.92 Å². The number of halogens is 1. The molecular formula is C14H20ClN3S. The van der Waals surface area contributed by atoms with Crippen molar-refractivity contribution in [3.05, 3.63) is 28.8 Å². The molecular weight excluding hydrogens is 278 g/mol. The van der Waals surface area contributed by atoms with Crippen molar-refractivity contribution in [3.8, 4) is 0 Å². The second-order valence-corrected chi connectivity index (χ2v) is 5.86. The molecule has 1 aliphatic heterocycles. The van der Waals surface area contributed by atoms with E-state index in [9.17, 15) is 0 Å². The second kappa shape index (κ2) is 6.55. The van der Waals surface area contributed by atoms with Gasteiger partial charge in [-0.3, -0.25) is 0 Å². The molecule has 1 aliphatic rings. The number of rotatable bonds is 5. The van der Waals surface area contributed by atoms with Crippen molar-refractivity contribution in [3.63, 3.8) is 0 Å². The highest BCUT2D eigenvalue weighted by Crippen LogP contribution is 2.23. The monoisotopic (exact) mass is 297 g/mol. The van der Waals surface area contributed by atoms with Gasteiger partial charge in [0.1, 0.15) is 4.99 Å². The van der Waals surface area contributed by atoms with E-state index in [1.165, 1.54) is 13.0 Å². The number of anilines is 1. The summed E-state index contributed by atoms with van der Waals surface area (Å²) in [6.07, 6.45) is 1.24. The number of hydrogen-bond donors (Lipinski definition) is 2. The Hall–Kier alpha value is -0.840. The molecule has 0 aromatic heterocycles. The fourth-order valence-electron chi connectivity index (χ4n) is 2.50. The first kappa shape index (κ1) is 14.6. The molecule has 3 N–H and O–H groups in total. The highest BCUT2D eigenvalue weighted by atomic mass is 35.5. The molecule has 5 heteroatoms. The van der Waals surface area contributed by atoms with Crippen LogP contribution in [0.5, 0.6) is 0 Å². The van der Waals surface area contributed by atoms with Crippen LogP contribution < -0.4 is 11.1 Å². The molecule has 3 nitrogen and oxygen atoms in total. The summed E-state index contributed by atoms with van der Waals surface area (Å²) in [5.41, 5.74) is 7.54. The molecule has 0 bridgehead atoms. The lowest BCUT2D eigenvalue weighted by Gasteiger charge is -2.16. The summed E-state index contributed by atoms with van der Waals surface area (Å²) in [7, 11) is 0. The largest absolute Gasteiger partial charge is 0.389 e. The molecule has 0 saturated carbocycles. The summed E-state index contributed by atoms with van der Waals surface area (Å²) in [4.78, 5) is 2.87. The van der Waals surface area contributed by atoms with E-state index >= 15 is 0 Å². The minimum Gasteiger partial charge on any atom is -0.389 e. The molecule has 2 rings (SSSR count). The van der Waals surface area contributed by atoms with Gasteiger partial charge < -0.3 is 16.0 Å². The Bertz CT molecular complexity index is 464. The second-order valence-electron chi connectivity index (χ2n) is 4.98. The highest BCUT2D eigenvalue weighted by molar-refractivity contribution is 7.80. The summed E-state index contributed by atoms with van der Waals surface area (Å²) in [6, 6.07) is 5.58. The Morgan fingerprint density at radius 3 is 3.00 bits per heavy atom. The van der Waals surface area contributed by atoms with Gasteiger partial charge in [-0.15, -0.1) is 0 Å².